The minimum absolute atomic E-state index is 0.00366. The minimum Gasteiger partial charge on any atom is -0.378 e. The second kappa shape index (κ2) is 5.30. The van der Waals surface area contributed by atoms with Crippen LogP contribution in [0.15, 0.2) is 18.2 Å². The van der Waals surface area contributed by atoms with Crippen molar-refractivity contribution in [2.75, 3.05) is 5.73 Å². The number of nitro groups is 1. The summed E-state index contributed by atoms with van der Waals surface area (Å²) >= 11 is 12.1. The largest absolute Gasteiger partial charge is 0.378 e. The van der Waals surface area contributed by atoms with E-state index in [2.05, 4.69) is 5.10 Å². The van der Waals surface area contributed by atoms with Crippen LogP contribution >= 0.6 is 23.2 Å². The summed E-state index contributed by atoms with van der Waals surface area (Å²) in [7, 11) is 0. The van der Waals surface area contributed by atoms with Crippen molar-refractivity contribution in [2.24, 2.45) is 0 Å². The number of nitrogens with zero attached hydrogens (tertiary/aromatic N) is 3. The first-order valence-corrected chi connectivity index (χ1v) is 6.52. The van der Waals surface area contributed by atoms with Gasteiger partial charge >= 0.3 is 5.69 Å². The first-order valence-electron chi connectivity index (χ1n) is 5.76. The van der Waals surface area contributed by atoms with Gasteiger partial charge in [-0.2, -0.15) is 5.10 Å². The quantitative estimate of drug-likeness (QED) is 0.692. The lowest BCUT2D eigenvalue weighted by atomic mass is 10.1. The summed E-state index contributed by atoms with van der Waals surface area (Å²) in [6, 6.07) is 4.65. The summed E-state index contributed by atoms with van der Waals surface area (Å²) in [6.07, 6.45) is 0. The lowest BCUT2D eigenvalue weighted by Gasteiger charge is -2.15. The molecule has 1 aromatic carbocycles. The molecule has 1 unspecified atom stereocenters. The highest BCUT2D eigenvalue weighted by Crippen LogP contribution is 2.33. The molecule has 8 heteroatoms. The third kappa shape index (κ3) is 2.44. The van der Waals surface area contributed by atoms with Gasteiger partial charge in [-0.15, -0.1) is 0 Å². The number of rotatable bonds is 3. The van der Waals surface area contributed by atoms with Gasteiger partial charge in [0, 0.05) is 10.0 Å². The number of aryl methyl sites for hydroxylation is 1. The summed E-state index contributed by atoms with van der Waals surface area (Å²) < 4.78 is 1.38. The highest BCUT2D eigenvalue weighted by molar-refractivity contribution is 6.33. The van der Waals surface area contributed by atoms with Gasteiger partial charge in [0.1, 0.15) is 5.69 Å². The number of aromatic nitrogens is 2. The molecule has 0 saturated heterocycles. The van der Waals surface area contributed by atoms with Gasteiger partial charge in [0.2, 0.25) is 5.82 Å². The van der Waals surface area contributed by atoms with Gasteiger partial charge in [-0.25, -0.2) is 4.68 Å². The van der Waals surface area contributed by atoms with E-state index >= 15 is 0 Å². The Morgan fingerprint density at radius 1 is 1.45 bits per heavy atom. The fourth-order valence-electron chi connectivity index (χ4n) is 2.04. The molecule has 0 spiro atoms. The van der Waals surface area contributed by atoms with Crippen LogP contribution in [0.4, 0.5) is 11.5 Å². The Balaban J connectivity index is 2.54. The molecule has 1 aromatic heterocycles. The summed E-state index contributed by atoms with van der Waals surface area (Å²) in [4.78, 5) is 10.4. The molecule has 0 amide bonds. The second-order valence-corrected chi connectivity index (χ2v) is 5.21. The second-order valence-electron chi connectivity index (χ2n) is 4.36. The molecule has 0 aliphatic carbocycles. The molecule has 1 atom stereocenters. The van der Waals surface area contributed by atoms with E-state index in [1.165, 1.54) is 11.6 Å². The maximum absolute atomic E-state index is 11.0. The van der Waals surface area contributed by atoms with Crippen LogP contribution in [0.2, 0.25) is 10.0 Å². The van der Waals surface area contributed by atoms with Crippen molar-refractivity contribution in [3.8, 4) is 0 Å². The van der Waals surface area contributed by atoms with Crippen molar-refractivity contribution in [3.05, 3.63) is 49.6 Å². The third-order valence-electron chi connectivity index (χ3n) is 3.05. The van der Waals surface area contributed by atoms with Crippen LogP contribution in [-0.2, 0) is 0 Å². The Morgan fingerprint density at radius 3 is 2.65 bits per heavy atom. The van der Waals surface area contributed by atoms with Crippen molar-refractivity contribution in [1.29, 1.82) is 0 Å². The van der Waals surface area contributed by atoms with Crippen molar-refractivity contribution in [2.45, 2.75) is 19.9 Å². The van der Waals surface area contributed by atoms with E-state index in [0.717, 1.165) is 0 Å². The Labute approximate surface area is 125 Å². The highest BCUT2D eigenvalue weighted by Gasteiger charge is 2.26. The number of benzene rings is 1. The van der Waals surface area contributed by atoms with Crippen LogP contribution < -0.4 is 5.73 Å². The molecule has 106 valence electrons. The van der Waals surface area contributed by atoms with Gasteiger partial charge in [-0.3, -0.25) is 10.1 Å². The van der Waals surface area contributed by atoms with Crippen LogP contribution in [0.3, 0.4) is 0 Å². The predicted molar refractivity (Wildman–Crippen MR) is 78.3 cm³/mol. The molecule has 1 heterocycles. The zero-order chi connectivity index (χ0) is 15.0. The summed E-state index contributed by atoms with van der Waals surface area (Å²) in [6.45, 7) is 3.33. The summed E-state index contributed by atoms with van der Waals surface area (Å²) in [5.41, 5.74) is 6.59. The molecule has 0 fully saturated rings. The van der Waals surface area contributed by atoms with Gasteiger partial charge in [-0.1, -0.05) is 23.2 Å². The van der Waals surface area contributed by atoms with E-state index in [-0.39, 0.29) is 23.2 Å². The maximum Gasteiger partial charge on any atom is 0.333 e. The number of hydrogen-bond acceptors (Lipinski definition) is 4. The monoisotopic (exact) mass is 314 g/mol. The van der Waals surface area contributed by atoms with Crippen LogP contribution in [0.5, 0.6) is 0 Å². The third-order valence-corrected chi connectivity index (χ3v) is 3.63. The molecule has 2 aromatic rings. The minimum atomic E-state index is -0.541. The van der Waals surface area contributed by atoms with Crippen LogP contribution in [0.25, 0.3) is 0 Å². The Bertz CT molecular complexity index is 684. The molecule has 0 aliphatic rings. The molecule has 0 radical (unpaired) electrons. The van der Waals surface area contributed by atoms with E-state index < -0.39 is 4.92 Å². The smallest absolute Gasteiger partial charge is 0.333 e. The number of halogens is 2. The predicted octanol–water partition coefficient (Wildman–Crippen LogP) is 3.60. The van der Waals surface area contributed by atoms with E-state index in [4.69, 9.17) is 28.9 Å². The Morgan fingerprint density at radius 2 is 2.10 bits per heavy atom. The van der Waals surface area contributed by atoms with Gasteiger partial charge in [0.05, 0.1) is 11.0 Å². The summed E-state index contributed by atoms with van der Waals surface area (Å²) in [5, 5.41) is 16.1. The first-order chi connectivity index (χ1) is 9.32. The zero-order valence-corrected chi connectivity index (χ0v) is 12.3. The van der Waals surface area contributed by atoms with E-state index in [9.17, 15) is 10.1 Å². The van der Waals surface area contributed by atoms with Crippen LogP contribution in [-0.4, -0.2) is 14.7 Å². The lowest BCUT2D eigenvalue weighted by Crippen LogP contribution is -2.12. The maximum atomic E-state index is 11.0. The molecule has 2 N–H and O–H groups in total. The first kappa shape index (κ1) is 14.6. The average Bonchev–Trinajstić information content (AvgIpc) is 2.67. The molecule has 0 saturated carbocycles. The Kier molecular flexibility index (Phi) is 3.87. The molecule has 20 heavy (non-hydrogen) atoms. The fraction of sp³-hybridized carbons (Fsp3) is 0.250. The average molecular weight is 315 g/mol. The van der Waals surface area contributed by atoms with Crippen molar-refractivity contribution >= 4 is 34.7 Å². The Hall–Kier alpha value is -1.79. The van der Waals surface area contributed by atoms with Gasteiger partial charge < -0.3 is 5.73 Å². The van der Waals surface area contributed by atoms with Gasteiger partial charge in [0.15, 0.2) is 0 Å². The van der Waals surface area contributed by atoms with Crippen LogP contribution in [0, 0.1) is 17.0 Å². The van der Waals surface area contributed by atoms with E-state index in [0.29, 0.717) is 15.6 Å². The van der Waals surface area contributed by atoms with Gasteiger partial charge in [-0.05, 0) is 37.6 Å². The number of nitrogen functional groups attached to an aromatic ring is 1. The van der Waals surface area contributed by atoms with E-state index in [1.54, 1.807) is 25.1 Å². The van der Waals surface area contributed by atoms with Crippen molar-refractivity contribution in [3.63, 3.8) is 0 Å². The SMILES string of the molecule is Cc1nn(C(C)c2cc(Cl)ccc2Cl)c(N)c1[N+](=O)[O-]. The lowest BCUT2D eigenvalue weighted by molar-refractivity contribution is -0.384. The fourth-order valence-corrected chi connectivity index (χ4v) is 2.50. The molecule has 2 rings (SSSR count). The van der Waals surface area contributed by atoms with Gasteiger partial charge in [0.25, 0.3) is 0 Å². The normalized spacial score (nSPS) is 12.4. The van der Waals surface area contributed by atoms with Crippen molar-refractivity contribution < 1.29 is 4.92 Å². The summed E-state index contributed by atoms with van der Waals surface area (Å²) in [5.74, 6) is -0.00366. The standard InChI is InChI=1S/C12H12Cl2N4O2/c1-6-11(18(19)20)12(15)17(16-6)7(2)9-5-8(13)3-4-10(9)14/h3-5,7H,15H2,1-2H3. The van der Waals surface area contributed by atoms with Crippen molar-refractivity contribution in [1.82, 2.24) is 9.78 Å². The van der Waals surface area contributed by atoms with E-state index in [1.807, 2.05) is 0 Å². The highest BCUT2D eigenvalue weighted by atomic mass is 35.5. The topological polar surface area (TPSA) is 87.0 Å². The number of nitrogens with two attached hydrogens (primary N) is 1. The molecular weight excluding hydrogens is 303 g/mol. The number of hydrogen-bond donors (Lipinski definition) is 1. The molecule has 0 aliphatic heterocycles. The molecule has 0 bridgehead atoms. The zero-order valence-electron chi connectivity index (χ0n) is 10.8. The van der Waals surface area contributed by atoms with Crippen LogP contribution in [0.1, 0.15) is 24.2 Å². The molecular formula is C12H12Cl2N4O2. The number of anilines is 1. The molecule has 6 nitrogen and oxygen atoms in total.